The second-order valence-corrected chi connectivity index (χ2v) is 7.45. The maximum absolute atomic E-state index is 12.7. The molecule has 2 amide bonds. The molecule has 1 aliphatic heterocycles. The number of nitrogens with zero attached hydrogens (tertiary/aromatic N) is 4. The van der Waals surface area contributed by atoms with Crippen LogP contribution in [-0.2, 0) is 7.05 Å². The maximum atomic E-state index is 12.7. The van der Waals surface area contributed by atoms with E-state index in [9.17, 15) is 9.59 Å². The van der Waals surface area contributed by atoms with E-state index in [2.05, 4.69) is 31.2 Å². The number of aryl methyl sites for hydroxylation is 1. The van der Waals surface area contributed by atoms with E-state index >= 15 is 0 Å². The lowest BCUT2D eigenvalue weighted by Gasteiger charge is -2.34. The number of hydrogen-bond acceptors (Lipinski definition) is 5. The number of hydrogen-bond donors (Lipinski definition) is 1. The molecule has 2 heterocycles. The number of methoxy groups -OCH3 is 1. The average Bonchev–Trinajstić information content (AvgIpc) is 3.09. The second kappa shape index (κ2) is 9.20. The van der Waals surface area contributed by atoms with Crippen molar-refractivity contribution in [3.8, 4) is 5.88 Å². The summed E-state index contributed by atoms with van der Waals surface area (Å²) in [7, 11) is 3.28. The highest BCUT2D eigenvalue weighted by atomic mass is 79.9. The highest BCUT2D eigenvalue weighted by Crippen LogP contribution is 2.18. The van der Waals surface area contributed by atoms with Crippen molar-refractivity contribution in [2.75, 3.05) is 46.4 Å². The Morgan fingerprint density at radius 3 is 2.57 bits per heavy atom. The summed E-state index contributed by atoms with van der Waals surface area (Å²) in [5.41, 5.74) is 1.11. The molecule has 0 atom stereocenters. The van der Waals surface area contributed by atoms with Crippen molar-refractivity contribution in [3.05, 3.63) is 46.1 Å². The first kappa shape index (κ1) is 20.3. The van der Waals surface area contributed by atoms with E-state index in [1.807, 2.05) is 23.1 Å². The molecular formula is C19H24BrN5O3. The molecule has 3 rings (SSSR count). The number of carbonyl (C=O) groups excluding carboxylic acids is 2. The minimum absolute atomic E-state index is 0.0631. The van der Waals surface area contributed by atoms with E-state index in [1.54, 1.807) is 24.0 Å². The van der Waals surface area contributed by atoms with Crippen LogP contribution < -0.4 is 10.1 Å². The molecule has 0 radical (unpaired) electrons. The molecule has 1 fully saturated rings. The molecule has 1 aromatic heterocycles. The second-order valence-electron chi connectivity index (χ2n) is 6.60. The van der Waals surface area contributed by atoms with Gasteiger partial charge >= 0.3 is 0 Å². The molecule has 1 N–H and O–H groups in total. The van der Waals surface area contributed by atoms with Crippen molar-refractivity contribution in [2.24, 2.45) is 7.05 Å². The van der Waals surface area contributed by atoms with Gasteiger partial charge in [0.05, 0.1) is 12.7 Å². The number of aromatic nitrogens is 2. The van der Waals surface area contributed by atoms with Crippen molar-refractivity contribution < 1.29 is 14.3 Å². The number of benzene rings is 1. The Labute approximate surface area is 172 Å². The first-order valence-corrected chi connectivity index (χ1v) is 9.91. The monoisotopic (exact) mass is 449 g/mol. The summed E-state index contributed by atoms with van der Waals surface area (Å²) in [4.78, 5) is 29.0. The van der Waals surface area contributed by atoms with Crippen molar-refractivity contribution in [1.29, 1.82) is 0 Å². The fourth-order valence-electron chi connectivity index (χ4n) is 3.18. The fraction of sp³-hybridized carbons (Fsp3) is 0.421. The van der Waals surface area contributed by atoms with E-state index in [1.165, 1.54) is 7.11 Å². The van der Waals surface area contributed by atoms with Crippen LogP contribution in [0.2, 0.25) is 0 Å². The van der Waals surface area contributed by atoms with Gasteiger partial charge in [-0.15, -0.1) is 5.10 Å². The van der Waals surface area contributed by atoms with E-state index in [-0.39, 0.29) is 11.8 Å². The summed E-state index contributed by atoms with van der Waals surface area (Å²) in [6, 6.07) is 7.36. The van der Waals surface area contributed by atoms with Crippen LogP contribution in [-0.4, -0.2) is 77.8 Å². The molecule has 1 saturated heterocycles. The van der Waals surface area contributed by atoms with Crippen molar-refractivity contribution >= 4 is 27.7 Å². The summed E-state index contributed by atoms with van der Waals surface area (Å²) in [5, 5.41) is 7.09. The number of nitrogens with one attached hydrogen (secondary N) is 1. The molecule has 0 unspecified atom stereocenters. The highest BCUT2D eigenvalue weighted by molar-refractivity contribution is 9.10. The smallest absolute Gasteiger partial charge is 0.261 e. The number of amides is 2. The van der Waals surface area contributed by atoms with Gasteiger partial charge in [0.15, 0.2) is 0 Å². The number of rotatable bonds is 6. The van der Waals surface area contributed by atoms with Gasteiger partial charge in [0, 0.05) is 57.0 Å². The normalized spacial score (nSPS) is 14.8. The van der Waals surface area contributed by atoms with Gasteiger partial charge in [-0.25, -0.2) is 0 Å². The van der Waals surface area contributed by atoms with E-state index < -0.39 is 0 Å². The molecule has 1 aromatic carbocycles. The van der Waals surface area contributed by atoms with Crippen LogP contribution in [0, 0.1) is 0 Å². The number of piperazine rings is 1. The van der Waals surface area contributed by atoms with Gasteiger partial charge in [0.1, 0.15) is 5.56 Å². The number of halogens is 1. The number of carbonyl (C=O) groups is 2. The Kier molecular flexibility index (Phi) is 6.69. The van der Waals surface area contributed by atoms with Crippen molar-refractivity contribution in [2.45, 2.75) is 0 Å². The zero-order valence-corrected chi connectivity index (χ0v) is 17.6. The zero-order chi connectivity index (χ0) is 20.1. The lowest BCUT2D eigenvalue weighted by Crippen LogP contribution is -2.50. The largest absolute Gasteiger partial charge is 0.479 e. The minimum atomic E-state index is -0.0926. The predicted octanol–water partition coefficient (Wildman–Crippen LogP) is 1.38. The van der Waals surface area contributed by atoms with Crippen LogP contribution >= 0.6 is 15.9 Å². The van der Waals surface area contributed by atoms with E-state index in [0.29, 0.717) is 36.6 Å². The Bertz CT molecular complexity index is 846. The molecule has 2 aromatic rings. The highest BCUT2D eigenvalue weighted by Gasteiger charge is 2.26. The quantitative estimate of drug-likeness (QED) is 0.720. The summed E-state index contributed by atoms with van der Waals surface area (Å²) in [6.07, 6.45) is 1.69. The Balaban J connectivity index is 1.45. The fourth-order valence-corrected chi connectivity index (χ4v) is 3.64. The van der Waals surface area contributed by atoms with Crippen molar-refractivity contribution in [3.63, 3.8) is 0 Å². The van der Waals surface area contributed by atoms with Gasteiger partial charge in [-0.05, 0) is 28.1 Å². The summed E-state index contributed by atoms with van der Waals surface area (Å²) in [6.45, 7) is 4.10. The topological polar surface area (TPSA) is 79.7 Å². The van der Waals surface area contributed by atoms with Crippen LogP contribution in [0.1, 0.15) is 20.7 Å². The first-order chi connectivity index (χ1) is 13.5. The third-order valence-corrected chi connectivity index (χ3v) is 5.40. The molecular weight excluding hydrogens is 426 g/mol. The molecule has 0 aliphatic carbocycles. The molecule has 150 valence electrons. The van der Waals surface area contributed by atoms with Crippen LogP contribution in [0.15, 0.2) is 34.9 Å². The summed E-state index contributed by atoms with van der Waals surface area (Å²) in [5.74, 6) is 0.196. The Morgan fingerprint density at radius 1 is 1.18 bits per heavy atom. The predicted molar refractivity (Wildman–Crippen MR) is 109 cm³/mol. The summed E-state index contributed by atoms with van der Waals surface area (Å²) >= 11 is 3.39. The molecule has 0 saturated carbocycles. The van der Waals surface area contributed by atoms with Gasteiger partial charge in [-0.1, -0.05) is 12.1 Å². The zero-order valence-electron chi connectivity index (χ0n) is 16.0. The van der Waals surface area contributed by atoms with Gasteiger partial charge in [-0.3, -0.25) is 19.2 Å². The minimum Gasteiger partial charge on any atom is -0.479 e. The van der Waals surface area contributed by atoms with Gasteiger partial charge in [0.2, 0.25) is 5.88 Å². The number of ether oxygens (including phenoxy) is 1. The molecule has 28 heavy (non-hydrogen) atoms. The van der Waals surface area contributed by atoms with E-state index in [4.69, 9.17) is 4.74 Å². The SMILES string of the molecule is COc1nn(C)cc1C(=O)N1CCN(CCNC(=O)c2ccccc2Br)CC1. The van der Waals surface area contributed by atoms with Gasteiger partial charge < -0.3 is 15.0 Å². The molecule has 0 bridgehead atoms. The van der Waals surface area contributed by atoms with Crippen LogP contribution in [0.5, 0.6) is 5.88 Å². The van der Waals surface area contributed by atoms with Gasteiger partial charge in [-0.2, -0.15) is 0 Å². The standard InChI is InChI=1S/C19H24BrN5O3/c1-23-13-15(18(22-23)28-2)19(27)25-11-9-24(10-12-25)8-7-21-17(26)14-5-3-4-6-16(14)20/h3-6,13H,7-12H2,1-2H3,(H,21,26). The molecule has 1 aliphatic rings. The molecule has 0 spiro atoms. The van der Waals surface area contributed by atoms with E-state index in [0.717, 1.165) is 24.1 Å². The Morgan fingerprint density at radius 2 is 1.89 bits per heavy atom. The van der Waals surface area contributed by atoms with Crippen LogP contribution in [0.3, 0.4) is 0 Å². The van der Waals surface area contributed by atoms with Crippen LogP contribution in [0.25, 0.3) is 0 Å². The van der Waals surface area contributed by atoms with Gasteiger partial charge in [0.25, 0.3) is 11.8 Å². The molecule has 8 nitrogen and oxygen atoms in total. The van der Waals surface area contributed by atoms with Crippen molar-refractivity contribution in [1.82, 2.24) is 24.9 Å². The summed E-state index contributed by atoms with van der Waals surface area (Å²) < 4.78 is 7.55. The van der Waals surface area contributed by atoms with Crippen LogP contribution in [0.4, 0.5) is 0 Å². The molecule has 9 heteroatoms. The lowest BCUT2D eigenvalue weighted by molar-refractivity contribution is 0.0635. The Hall–Kier alpha value is -2.39. The average molecular weight is 450 g/mol. The first-order valence-electron chi connectivity index (χ1n) is 9.11. The third kappa shape index (κ3) is 4.71. The third-order valence-electron chi connectivity index (χ3n) is 4.71. The maximum Gasteiger partial charge on any atom is 0.261 e. The lowest BCUT2D eigenvalue weighted by atomic mass is 10.2.